The molecule has 0 spiro atoms. The third kappa shape index (κ3) is 5.75. The second-order valence-corrected chi connectivity index (χ2v) is 6.44. The minimum absolute atomic E-state index is 0.885. The van der Waals surface area contributed by atoms with Crippen molar-refractivity contribution in [3.8, 4) is 0 Å². The minimum atomic E-state index is 0.885. The number of allylic oxidation sites excluding steroid dienone is 4. The molecule has 3 rings (SSSR count). The fourth-order valence-electron chi connectivity index (χ4n) is 3.19. The van der Waals surface area contributed by atoms with Crippen molar-refractivity contribution in [3.05, 3.63) is 77.0 Å². The highest BCUT2D eigenvalue weighted by atomic mass is 15.1. The third-order valence-electron chi connectivity index (χ3n) is 4.82. The third-order valence-corrected chi connectivity index (χ3v) is 4.82. The molecule has 0 unspecified atom stereocenters. The Morgan fingerprint density at radius 2 is 1.84 bits per heavy atom. The predicted molar refractivity (Wildman–Crippen MR) is 110 cm³/mol. The van der Waals surface area contributed by atoms with E-state index in [1.165, 1.54) is 22.3 Å². The van der Waals surface area contributed by atoms with E-state index in [1.54, 1.807) is 0 Å². The van der Waals surface area contributed by atoms with E-state index in [1.807, 2.05) is 19.9 Å². The highest BCUT2D eigenvalue weighted by molar-refractivity contribution is 5.66. The number of rotatable bonds is 4. The van der Waals surface area contributed by atoms with Gasteiger partial charge < -0.3 is 5.73 Å². The van der Waals surface area contributed by atoms with E-state index in [0.29, 0.717) is 0 Å². The molecular formula is C23H32N2. The van der Waals surface area contributed by atoms with E-state index in [4.69, 9.17) is 5.73 Å². The first kappa shape index (κ1) is 19.3. The lowest BCUT2D eigenvalue weighted by Crippen LogP contribution is -2.29. The standard InChI is InChI=1S/C21H26N2.C2H6/c1-17(18-7-9-21(22)10-8-18)11-14-23-15-12-20(13-16-23)19-5-3-2-4-6-19;1-2/h2-7,9-10,12H,8,11,13-16,22H2,1H3;1-2H3/b18-17+;. The van der Waals surface area contributed by atoms with Gasteiger partial charge in [0.15, 0.2) is 0 Å². The number of nitrogens with two attached hydrogens (primary N) is 1. The highest BCUT2D eigenvalue weighted by Gasteiger charge is 2.13. The Morgan fingerprint density at radius 1 is 1.08 bits per heavy atom. The molecule has 0 amide bonds. The van der Waals surface area contributed by atoms with E-state index in [9.17, 15) is 0 Å². The first-order valence-corrected chi connectivity index (χ1v) is 9.51. The average molecular weight is 337 g/mol. The van der Waals surface area contributed by atoms with Gasteiger partial charge in [-0.3, -0.25) is 4.90 Å². The van der Waals surface area contributed by atoms with Crippen LogP contribution in [-0.2, 0) is 0 Å². The Bertz CT molecular complexity index is 663. The molecule has 0 saturated carbocycles. The summed E-state index contributed by atoms with van der Waals surface area (Å²) in [6.45, 7) is 9.62. The Labute approximate surface area is 153 Å². The van der Waals surface area contributed by atoms with E-state index in [0.717, 1.165) is 44.6 Å². The molecule has 1 aliphatic heterocycles. The summed E-state index contributed by atoms with van der Waals surface area (Å²) >= 11 is 0. The molecule has 0 radical (unpaired) electrons. The summed E-state index contributed by atoms with van der Waals surface area (Å²) in [6, 6.07) is 10.8. The lowest BCUT2D eigenvalue weighted by molar-refractivity contribution is 0.305. The van der Waals surface area contributed by atoms with Gasteiger partial charge >= 0.3 is 0 Å². The van der Waals surface area contributed by atoms with Crippen LogP contribution in [0.5, 0.6) is 0 Å². The largest absolute Gasteiger partial charge is 0.399 e. The van der Waals surface area contributed by atoms with Gasteiger partial charge in [-0.2, -0.15) is 0 Å². The van der Waals surface area contributed by atoms with Crippen LogP contribution < -0.4 is 5.73 Å². The number of hydrogen-bond donors (Lipinski definition) is 1. The fourth-order valence-corrected chi connectivity index (χ4v) is 3.19. The maximum absolute atomic E-state index is 5.79. The maximum atomic E-state index is 5.79. The van der Waals surface area contributed by atoms with Gasteiger partial charge in [0.25, 0.3) is 0 Å². The normalized spacial score (nSPS) is 19.5. The van der Waals surface area contributed by atoms with Crippen molar-refractivity contribution in [2.24, 2.45) is 5.73 Å². The van der Waals surface area contributed by atoms with Gasteiger partial charge in [0.2, 0.25) is 0 Å². The van der Waals surface area contributed by atoms with Crippen molar-refractivity contribution in [2.45, 2.75) is 40.0 Å². The molecule has 0 atom stereocenters. The predicted octanol–water partition coefficient (Wildman–Crippen LogP) is 5.31. The average Bonchev–Trinajstić information content (AvgIpc) is 2.69. The van der Waals surface area contributed by atoms with Crippen molar-refractivity contribution in [3.63, 3.8) is 0 Å². The zero-order valence-electron chi connectivity index (χ0n) is 16.0. The smallest absolute Gasteiger partial charge is 0.0276 e. The van der Waals surface area contributed by atoms with E-state index in [2.05, 4.69) is 60.4 Å². The Hall–Kier alpha value is -2.06. The van der Waals surface area contributed by atoms with Gasteiger partial charge in [-0.05, 0) is 49.0 Å². The van der Waals surface area contributed by atoms with E-state index < -0.39 is 0 Å². The van der Waals surface area contributed by atoms with Crippen LogP contribution in [-0.4, -0.2) is 24.5 Å². The van der Waals surface area contributed by atoms with E-state index in [-0.39, 0.29) is 0 Å². The van der Waals surface area contributed by atoms with Crippen LogP contribution in [0, 0.1) is 0 Å². The zero-order valence-corrected chi connectivity index (χ0v) is 16.0. The lowest BCUT2D eigenvalue weighted by atomic mass is 9.97. The van der Waals surface area contributed by atoms with Crippen molar-refractivity contribution < 1.29 is 0 Å². The molecule has 0 saturated heterocycles. The lowest BCUT2D eigenvalue weighted by Gasteiger charge is -2.27. The Kier molecular flexibility index (Phi) is 7.75. The maximum Gasteiger partial charge on any atom is 0.0276 e. The summed E-state index contributed by atoms with van der Waals surface area (Å²) in [5.41, 5.74) is 12.5. The molecule has 2 nitrogen and oxygen atoms in total. The quantitative estimate of drug-likeness (QED) is 0.807. The Morgan fingerprint density at radius 3 is 2.44 bits per heavy atom. The van der Waals surface area contributed by atoms with Crippen LogP contribution in [0.3, 0.4) is 0 Å². The summed E-state index contributed by atoms with van der Waals surface area (Å²) in [6.07, 6.45) is 12.0. The van der Waals surface area contributed by atoms with Crippen molar-refractivity contribution in [1.29, 1.82) is 0 Å². The van der Waals surface area contributed by atoms with Crippen LogP contribution in [0.4, 0.5) is 0 Å². The monoisotopic (exact) mass is 336 g/mol. The van der Waals surface area contributed by atoms with Gasteiger partial charge in [0.05, 0.1) is 0 Å². The summed E-state index contributed by atoms with van der Waals surface area (Å²) in [5.74, 6) is 0. The molecule has 1 heterocycles. The second-order valence-electron chi connectivity index (χ2n) is 6.44. The molecule has 134 valence electrons. The molecule has 0 aromatic heterocycles. The summed E-state index contributed by atoms with van der Waals surface area (Å²) in [7, 11) is 0. The van der Waals surface area contributed by atoms with E-state index >= 15 is 0 Å². The fraction of sp³-hybridized carbons (Fsp3) is 0.391. The minimum Gasteiger partial charge on any atom is -0.399 e. The molecule has 1 aliphatic carbocycles. The van der Waals surface area contributed by atoms with Gasteiger partial charge in [-0.25, -0.2) is 0 Å². The molecular weight excluding hydrogens is 304 g/mol. The van der Waals surface area contributed by atoms with Crippen LogP contribution in [0.25, 0.3) is 5.57 Å². The second kappa shape index (κ2) is 10.0. The molecule has 25 heavy (non-hydrogen) atoms. The van der Waals surface area contributed by atoms with Gasteiger partial charge in [0.1, 0.15) is 0 Å². The van der Waals surface area contributed by atoms with Gasteiger partial charge in [-0.15, -0.1) is 0 Å². The van der Waals surface area contributed by atoms with Crippen LogP contribution in [0.1, 0.15) is 45.6 Å². The van der Waals surface area contributed by atoms with Crippen molar-refractivity contribution in [1.82, 2.24) is 4.90 Å². The topological polar surface area (TPSA) is 29.3 Å². The molecule has 0 bridgehead atoms. The molecule has 2 aliphatic rings. The first-order chi connectivity index (χ1) is 12.2. The van der Waals surface area contributed by atoms with Crippen LogP contribution in [0.15, 0.2) is 71.5 Å². The van der Waals surface area contributed by atoms with Gasteiger partial charge in [-0.1, -0.05) is 68.0 Å². The Balaban J connectivity index is 0.00000109. The first-order valence-electron chi connectivity index (χ1n) is 9.51. The molecule has 2 N–H and O–H groups in total. The molecule has 1 aromatic rings. The zero-order chi connectivity index (χ0) is 18.1. The molecule has 1 aromatic carbocycles. The molecule has 0 fully saturated rings. The van der Waals surface area contributed by atoms with Crippen LogP contribution >= 0.6 is 0 Å². The number of benzene rings is 1. The number of hydrogen-bond acceptors (Lipinski definition) is 2. The summed E-state index contributed by atoms with van der Waals surface area (Å²) < 4.78 is 0. The van der Waals surface area contributed by atoms with Crippen LogP contribution in [0.2, 0.25) is 0 Å². The SMILES string of the molecule is C/C(CCN1CC=C(c2ccccc2)CC1)=C1/C=CC(N)=CC1.CC. The highest BCUT2D eigenvalue weighted by Crippen LogP contribution is 2.23. The summed E-state index contributed by atoms with van der Waals surface area (Å²) in [4.78, 5) is 2.55. The van der Waals surface area contributed by atoms with Gasteiger partial charge in [0, 0.05) is 25.3 Å². The molecule has 2 heteroatoms. The van der Waals surface area contributed by atoms with Crippen molar-refractivity contribution >= 4 is 5.57 Å². The number of nitrogens with zero attached hydrogens (tertiary/aromatic N) is 1. The summed E-state index contributed by atoms with van der Waals surface area (Å²) in [5, 5.41) is 0. The van der Waals surface area contributed by atoms with Crippen molar-refractivity contribution in [2.75, 3.05) is 19.6 Å².